The zero-order chi connectivity index (χ0) is 16.3. The van der Waals surface area contributed by atoms with Gasteiger partial charge in [0.15, 0.2) is 5.82 Å². The molecule has 8 heteroatoms. The van der Waals surface area contributed by atoms with Gasteiger partial charge in [-0.05, 0) is 32.1 Å². The highest BCUT2D eigenvalue weighted by Crippen LogP contribution is 2.24. The summed E-state index contributed by atoms with van der Waals surface area (Å²) in [4.78, 5) is 10.8. The molecule has 0 aromatic carbocycles. The molecule has 2 heterocycles. The van der Waals surface area contributed by atoms with E-state index < -0.39 is 10.0 Å². The van der Waals surface area contributed by atoms with Crippen LogP contribution in [0.5, 0.6) is 5.88 Å². The van der Waals surface area contributed by atoms with Crippen LogP contribution in [-0.2, 0) is 10.0 Å². The first-order chi connectivity index (χ1) is 11.0. The Bertz CT molecular complexity index is 631. The van der Waals surface area contributed by atoms with Gasteiger partial charge in [-0.2, -0.15) is 4.98 Å². The predicted molar refractivity (Wildman–Crippen MR) is 88.1 cm³/mol. The molecule has 1 saturated carbocycles. The molecule has 1 aliphatic heterocycles. The van der Waals surface area contributed by atoms with E-state index in [2.05, 4.69) is 14.7 Å². The second kappa shape index (κ2) is 7.00. The Hall–Kier alpha value is -1.41. The SMILES string of the molecule is CS(=O)(=O)NC1CCN(c2cncc(OC3CCCCC3)n2)C1. The first-order valence-corrected chi connectivity index (χ1v) is 10.1. The van der Waals surface area contributed by atoms with Gasteiger partial charge < -0.3 is 9.64 Å². The first-order valence-electron chi connectivity index (χ1n) is 8.20. The van der Waals surface area contributed by atoms with Crippen molar-refractivity contribution >= 4 is 15.8 Å². The lowest BCUT2D eigenvalue weighted by Crippen LogP contribution is -2.36. The Kier molecular flexibility index (Phi) is 5.01. The van der Waals surface area contributed by atoms with E-state index in [0.717, 1.165) is 31.6 Å². The van der Waals surface area contributed by atoms with Crippen LogP contribution in [0.15, 0.2) is 12.4 Å². The summed E-state index contributed by atoms with van der Waals surface area (Å²) in [5.41, 5.74) is 0. The van der Waals surface area contributed by atoms with Gasteiger partial charge in [0.1, 0.15) is 6.10 Å². The monoisotopic (exact) mass is 340 g/mol. The molecule has 0 spiro atoms. The summed E-state index contributed by atoms with van der Waals surface area (Å²) >= 11 is 0. The Balaban J connectivity index is 1.61. The van der Waals surface area contributed by atoms with Crippen molar-refractivity contribution in [1.29, 1.82) is 0 Å². The predicted octanol–water partition coefficient (Wildman–Crippen LogP) is 1.32. The fraction of sp³-hybridized carbons (Fsp3) is 0.733. The highest BCUT2D eigenvalue weighted by molar-refractivity contribution is 7.88. The fourth-order valence-corrected chi connectivity index (χ4v) is 4.07. The van der Waals surface area contributed by atoms with Gasteiger partial charge >= 0.3 is 0 Å². The van der Waals surface area contributed by atoms with Gasteiger partial charge in [0, 0.05) is 19.1 Å². The summed E-state index contributed by atoms with van der Waals surface area (Å²) < 4.78 is 31.3. The van der Waals surface area contributed by atoms with Crippen LogP contribution in [0.4, 0.5) is 5.82 Å². The minimum absolute atomic E-state index is 0.0743. The van der Waals surface area contributed by atoms with E-state index >= 15 is 0 Å². The molecule has 1 N–H and O–H groups in total. The molecule has 1 saturated heterocycles. The van der Waals surface area contributed by atoms with Crippen molar-refractivity contribution in [2.75, 3.05) is 24.2 Å². The van der Waals surface area contributed by atoms with Crippen molar-refractivity contribution in [2.24, 2.45) is 0 Å². The van der Waals surface area contributed by atoms with Crippen molar-refractivity contribution in [3.05, 3.63) is 12.4 Å². The summed E-state index contributed by atoms with van der Waals surface area (Å²) in [5.74, 6) is 1.31. The Morgan fingerprint density at radius 3 is 2.74 bits per heavy atom. The topological polar surface area (TPSA) is 84.4 Å². The number of sulfonamides is 1. The number of anilines is 1. The molecule has 2 fully saturated rings. The maximum Gasteiger partial charge on any atom is 0.234 e. The van der Waals surface area contributed by atoms with Crippen LogP contribution in [-0.4, -0.2) is 49.9 Å². The highest BCUT2D eigenvalue weighted by atomic mass is 32.2. The third kappa shape index (κ3) is 4.78. The molecule has 7 nitrogen and oxygen atoms in total. The van der Waals surface area contributed by atoms with Crippen molar-refractivity contribution < 1.29 is 13.2 Å². The smallest absolute Gasteiger partial charge is 0.234 e. The minimum atomic E-state index is -3.18. The largest absolute Gasteiger partial charge is 0.473 e. The van der Waals surface area contributed by atoms with E-state index in [1.54, 1.807) is 12.4 Å². The maximum absolute atomic E-state index is 11.3. The second-order valence-corrected chi connectivity index (χ2v) is 8.20. The Morgan fingerprint density at radius 2 is 2.00 bits per heavy atom. The van der Waals surface area contributed by atoms with Crippen molar-refractivity contribution in [2.45, 2.75) is 50.7 Å². The fourth-order valence-electron chi connectivity index (χ4n) is 3.27. The third-order valence-corrected chi connectivity index (χ3v) is 5.09. The minimum Gasteiger partial charge on any atom is -0.473 e. The molecule has 0 radical (unpaired) electrons. The number of nitrogens with one attached hydrogen (secondary N) is 1. The molecule has 1 atom stereocenters. The van der Waals surface area contributed by atoms with Gasteiger partial charge in [0.05, 0.1) is 18.6 Å². The summed E-state index contributed by atoms with van der Waals surface area (Å²) in [6.07, 6.45) is 11.4. The van der Waals surface area contributed by atoms with Crippen LogP contribution in [0.2, 0.25) is 0 Å². The number of nitrogens with zero attached hydrogens (tertiary/aromatic N) is 3. The number of hydrogen-bond donors (Lipinski definition) is 1. The van der Waals surface area contributed by atoms with Crippen LogP contribution >= 0.6 is 0 Å². The molecule has 1 aromatic rings. The van der Waals surface area contributed by atoms with Gasteiger partial charge in [-0.3, -0.25) is 4.98 Å². The number of ether oxygens (including phenoxy) is 1. The molecule has 128 valence electrons. The molecule has 1 aliphatic carbocycles. The molecule has 0 bridgehead atoms. The molecule has 23 heavy (non-hydrogen) atoms. The lowest BCUT2D eigenvalue weighted by atomic mass is 9.98. The summed E-state index contributed by atoms with van der Waals surface area (Å²) in [6.45, 7) is 1.36. The molecule has 3 rings (SSSR count). The van der Waals surface area contributed by atoms with Crippen molar-refractivity contribution in [1.82, 2.24) is 14.7 Å². The van der Waals surface area contributed by atoms with Gasteiger partial charge in [0.2, 0.25) is 15.9 Å². The third-order valence-electron chi connectivity index (χ3n) is 4.33. The zero-order valence-electron chi connectivity index (χ0n) is 13.4. The molecular formula is C15H24N4O3S. The summed E-state index contributed by atoms with van der Waals surface area (Å²) in [5, 5.41) is 0. The van der Waals surface area contributed by atoms with Gasteiger partial charge in [0.25, 0.3) is 0 Å². The van der Waals surface area contributed by atoms with E-state index in [-0.39, 0.29) is 12.1 Å². The average Bonchev–Trinajstić information content (AvgIpc) is 2.95. The van der Waals surface area contributed by atoms with Crippen LogP contribution in [0.3, 0.4) is 0 Å². The van der Waals surface area contributed by atoms with Crippen LogP contribution < -0.4 is 14.4 Å². The highest BCUT2D eigenvalue weighted by Gasteiger charge is 2.26. The van der Waals surface area contributed by atoms with Crippen molar-refractivity contribution in [3.8, 4) is 5.88 Å². The first kappa shape index (κ1) is 16.4. The van der Waals surface area contributed by atoms with Crippen LogP contribution in [0.1, 0.15) is 38.5 Å². The summed E-state index contributed by atoms with van der Waals surface area (Å²) in [6, 6.07) is -0.0743. The van der Waals surface area contributed by atoms with E-state index in [1.807, 2.05) is 4.90 Å². The Morgan fingerprint density at radius 1 is 1.22 bits per heavy atom. The maximum atomic E-state index is 11.3. The number of aromatic nitrogens is 2. The van der Waals surface area contributed by atoms with Crippen molar-refractivity contribution in [3.63, 3.8) is 0 Å². The number of rotatable bonds is 5. The van der Waals surface area contributed by atoms with Gasteiger partial charge in [-0.25, -0.2) is 13.1 Å². The van der Waals surface area contributed by atoms with Gasteiger partial charge in [-0.1, -0.05) is 6.42 Å². The standard InChI is InChI=1S/C15H24N4O3S/c1-23(20,21)18-12-7-8-19(11-12)14-9-16-10-15(17-14)22-13-5-3-2-4-6-13/h9-10,12-13,18H,2-8,11H2,1H3. The van der Waals surface area contributed by atoms with Crippen LogP contribution in [0.25, 0.3) is 0 Å². The molecule has 0 amide bonds. The van der Waals surface area contributed by atoms with E-state index in [0.29, 0.717) is 12.4 Å². The zero-order valence-corrected chi connectivity index (χ0v) is 14.3. The molecule has 1 aromatic heterocycles. The number of hydrogen-bond acceptors (Lipinski definition) is 6. The average molecular weight is 340 g/mol. The van der Waals surface area contributed by atoms with Gasteiger partial charge in [-0.15, -0.1) is 0 Å². The normalized spacial score (nSPS) is 23.2. The molecule has 2 aliphatic rings. The lowest BCUT2D eigenvalue weighted by Gasteiger charge is -2.23. The van der Waals surface area contributed by atoms with Crippen LogP contribution in [0, 0.1) is 0 Å². The quantitative estimate of drug-likeness (QED) is 0.870. The van der Waals surface area contributed by atoms with E-state index in [1.165, 1.54) is 25.5 Å². The second-order valence-electron chi connectivity index (χ2n) is 6.42. The summed E-state index contributed by atoms with van der Waals surface area (Å²) in [7, 11) is -3.18. The van der Waals surface area contributed by atoms with E-state index in [4.69, 9.17) is 4.74 Å². The molecule has 1 unspecified atom stereocenters. The Labute approximate surface area is 137 Å². The lowest BCUT2D eigenvalue weighted by molar-refractivity contribution is 0.148. The molecular weight excluding hydrogens is 316 g/mol. The van der Waals surface area contributed by atoms with E-state index in [9.17, 15) is 8.42 Å².